The number of amides is 1. The van der Waals surface area contributed by atoms with Crippen molar-refractivity contribution in [3.05, 3.63) is 71.1 Å². The smallest absolute Gasteiger partial charge is 0.252 e. The number of hydrazone groups is 1. The molecule has 0 saturated heterocycles. The highest BCUT2D eigenvalue weighted by atomic mass is 35.5. The molecule has 0 spiro atoms. The highest BCUT2D eigenvalue weighted by Gasteiger charge is 2.20. The van der Waals surface area contributed by atoms with Gasteiger partial charge in [-0.05, 0) is 30.3 Å². The maximum Gasteiger partial charge on any atom is 0.252 e. The minimum atomic E-state index is -1.21. The number of rotatable bonds is 10. The molecule has 4 aromatic rings. The van der Waals surface area contributed by atoms with Gasteiger partial charge >= 0.3 is 0 Å². The molecule has 0 atom stereocenters. The van der Waals surface area contributed by atoms with E-state index in [0.29, 0.717) is 17.2 Å². The molecular formula is C24H21ClF2N10O2. The van der Waals surface area contributed by atoms with E-state index in [2.05, 4.69) is 31.2 Å². The lowest BCUT2D eigenvalue weighted by Gasteiger charge is -2.11. The van der Waals surface area contributed by atoms with Crippen LogP contribution in [0.4, 0.5) is 20.3 Å². The molecule has 0 saturated carbocycles. The first-order valence-corrected chi connectivity index (χ1v) is 11.6. The molecule has 4 rings (SSSR count). The Balaban J connectivity index is 1.54. The van der Waals surface area contributed by atoms with Crippen molar-refractivity contribution >= 4 is 40.5 Å². The second-order valence-corrected chi connectivity index (χ2v) is 8.26. The molecule has 0 unspecified atom stereocenters. The largest absolute Gasteiger partial charge is 0.476 e. The van der Waals surface area contributed by atoms with E-state index >= 15 is 0 Å². The summed E-state index contributed by atoms with van der Waals surface area (Å²) in [7, 11) is 0. The van der Waals surface area contributed by atoms with Crippen LogP contribution in [0.3, 0.4) is 0 Å². The number of anilines is 2. The fourth-order valence-electron chi connectivity index (χ4n) is 3.61. The number of hydrazine groups is 1. The van der Waals surface area contributed by atoms with Crippen molar-refractivity contribution in [2.75, 3.05) is 18.5 Å². The average molecular weight is 555 g/mol. The second-order valence-electron chi connectivity index (χ2n) is 7.86. The third-order valence-electron chi connectivity index (χ3n) is 5.39. The van der Waals surface area contributed by atoms with Crippen molar-refractivity contribution in [2.45, 2.75) is 6.42 Å². The SMILES string of the molecule is N#CCOc1ccc(-c2cnc3c(Nc4ccc(C(=O)NCCC(N)=NNN)c(Cl)c4)nccn23)c(F)c1F. The highest BCUT2D eigenvalue weighted by molar-refractivity contribution is 6.34. The summed E-state index contributed by atoms with van der Waals surface area (Å²) >= 11 is 6.34. The van der Waals surface area contributed by atoms with Crippen LogP contribution in [0.1, 0.15) is 16.8 Å². The van der Waals surface area contributed by atoms with E-state index < -0.39 is 24.1 Å². The molecule has 2 aromatic heterocycles. The number of aromatic nitrogens is 3. The summed E-state index contributed by atoms with van der Waals surface area (Å²) in [6.45, 7) is -0.195. The summed E-state index contributed by atoms with van der Waals surface area (Å²) < 4.78 is 35.8. The molecule has 0 aliphatic rings. The van der Waals surface area contributed by atoms with Crippen molar-refractivity contribution in [2.24, 2.45) is 16.7 Å². The Kier molecular flexibility index (Phi) is 8.34. The van der Waals surface area contributed by atoms with Crippen molar-refractivity contribution in [3.63, 3.8) is 0 Å². The van der Waals surface area contributed by atoms with Gasteiger partial charge in [0.2, 0.25) is 5.82 Å². The van der Waals surface area contributed by atoms with Gasteiger partial charge in [-0.1, -0.05) is 11.6 Å². The van der Waals surface area contributed by atoms with Gasteiger partial charge in [0.25, 0.3) is 5.91 Å². The Labute approximate surface area is 225 Å². The van der Waals surface area contributed by atoms with Crippen LogP contribution in [0.15, 0.2) is 54.0 Å². The lowest BCUT2D eigenvalue weighted by molar-refractivity contribution is 0.0955. The summed E-state index contributed by atoms with van der Waals surface area (Å²) in [5.74, 6) is 2.44. The van der Waals surface area contributed by atoms with Gasteiger partial charge in [-0.3, -0.25) is 9.20 Å². The highest BCUT2D eigenvalue weighted by Crippen LogP contribution is 2.32. The van der Waals surface area contributed by atoms with Gasteiger partial charge in [0.05, 0.1) is 22.5 Å². The van der Waals surface area contributed by atoms with Crippen LogP contribution in [-0.4, -0.2) is 39.3 Å². The van der Waals surface area contributed by atoms with E-state index in [4.69, 9.17) is 33.2 Å². The molecule has 7 N–H and O–H groups in total. The summed E-state index contributed by atoms with van der Waals surface area (Å²) in [5.41, 5.74) is 8.93. The van der Waals surface area contributed by atoms with E-state index in [1.807, 2.05) is 0 Å². The maximum absolute atomic E-state index is 14.8. The molecule has 0 fully saturated rings. The number of hydrogen-bond acceptors (Lipinski definition) is 9. The number of nitriles is 1. The Bertz CT molecular complexity index is 1600. The molecule has 200 valence electrons. The number of nitrogens with zero attached hydrogens (tertiary/aromatic N) is 5. The van der Waals surface area contributed by atoms with Crippen molar-refractivity contribution in [1.29, 1.82) is 5.26 Å². The number of benzene rings is 2. The van der Waals surface area contributed by atoms with Crippen molar-refractivity contribution in [1.82, 2.24) is 25.2 Å². The molecule has 15 heteroatoms. The number of halogens is 3. The number of fused-ring (bicyclic) bond motifs is 1. The first-order valence-electron chi connectivity index (χ1n) is 11.3. The minimum Gasteiger partial charge on any atom is -0.476 e. The zero-order chi connectivity index (χ0) is 27.9. The molecular weight excluding hydrogens is 534 g/mol. The summed E-state index contributed by atoms with van der Waals surface area (Å²) in [6, 6.07) is 8.97. The summed E-state index contributed by atoms with van der Waals surface area (Å²) in [6.07, 6.45) is 4.65. The van der Waals surface area contributed by atoms with Gasteiger partial charge in [-0.25, -0.2) is 25.7 Å². The minimum absolute atomic E-state index is 0.0628. The monoisotopic (exact) mass is 554 g/mol. The topological polar surface area (TPSA) is 181 Å². The lowest BCUT2D eigenvalue weighted by Crippen LogP contribution is -2.30. The standard InChI is InChI=1S/C24H21ClF2N10O2/c25-16-11-13(1-2-14(16)24(38)32-7-5-19(29)35-36-30)34-22-23-33-12-17(37(23)9-8-31-22)15-3-4-18(39-10-6-28)21(27)20(15)26/h1-4,8-9,11-12,36H,5,7,10,30H2,(H2,29,35)(H,31,34)(H,32,38). The van der Waals surface area contributed by atoms with Crippen LogP contribution in [0.25, 0.3) is 16.9 Å². The zero-order valence-corrected chi connectivity index (χ0v) is 20.8. The van der Waals surface area contributed by atoms with Gasteiger partial charge in [-0.2, -0.15) is 14.8 Å². The number of hydrogen-bond donors (Lipinski definition) is 5. The molecule has 12 nitrogen and oxygen atoms in total. The van der Waals surface area contributed by atoms with Gasteiger partial charge in [0.1, 0.15) is 11.9 Å². The second kappa shape index (κ2) is 12.0. The first kappa shape index (κ1) is 27.0. The van der Waals surface area contributed by atoms with Crippen molar-refractivity contribution < 1.29 is 18.3 Å². The molecule has 2 aromatic carbocycles. The van der Waals surface area contributed by atoms with Crippen molar-refractivity contribution in [3.8, 4) is 23.1 Å². The summed E-state index contributed by atoms with van der Waals surface area (Å²) in [4.78, 5) is 21.1. The van der Waals surface area contributed by atoms with E-state index in [9.17, 15) is 13.6 Å². The van der Waals surface area contributed by atoms with Gasteiger partial charge in [-0.15, -0.1) is 0 Å². The third-order valence-corrected chi connectivity index (χ3v) is 5.71. The number of nitrogens with one attached hydrogen (secondary N) is 3. The lowest BCUT2D eigenvalue weighted by atomic mass is 10.1. The quantitative estimate of drug-likeness (QED) is 0.0852. The van der Waals surface area contributed by atoms with E-state index in [-0.39, 0.29) is 46.4 Å². The van der Waals surface area contributed by atoms with Crippen LogP contribution in [-0.2, 0) is 0 Å². The third kappa shape index (κ3) is 5.95. The average Bonchev–Trinajstić information content (AvgIpc) is 3.35. The predicted octanol–water partition coefficient (Wildman–Crippen LogP) is 2.83. The summed E-state index contributed by atoms with van der Waals surface area (Å²) in [5, 5.41) is 18.1. The van der Waals surface area contributed by atoms with Crippen LogP contribution in [0.2, 0.25) is 5.02 Å². The Morgan fingerprint density at radius 3 is 2.79 bits per heavy atom. The van der Waals surface area contributed by atoms with Crippen LogP contribution >= 0.6 is 11.6 Å². The number of imidazole rings is 1. The Hall–Kier alpha value is -5.00. The maximum atomic E-state index is 14.8. The number of carbonyl (C=O) groups is 1. The van der Waals surface area contributed by atoms with Crippen LogP contribution in [0.5, 0.6) is 5.75 Å². The number of ether oxygens (including phenoxy) is 1. The number of amidine groups is 1. The normalized spacial score (nSPS) is 11.2. The number of nitrogens with two attached hydrogens (primary N) is 2. The predicted molar refractivity (Wildman–Crippen MR) is 140 cm³/mol. The zero-order valence-electron chi connectivity index (χ0n) is 20.1. The number of carbonyl (C=O) groups excluding carboxylic acids is 1. The fourth-order valence-corrected chi connectivity index (χ4v) is 3.88. The molecule has 0 aliphatic heterocycles. The van der Waals surface area contributed by atoms with Gasteiger partial charge in [0, 0.05) is 36.6 Å². The van der Waals surface area contributed by atoms with Crippen LogP contribution < -0.4 is 32.5 Å². The van der Waals surface area contributed by atoms with Gasteiger partial charge in [0.15, 0.2) is 29.6 Å². The molecule has 0 aliphatic carbocycles. The fraction of sp³-hybridized carbons (Fsp3) is 0.125. The van der Waals surface area contributed by atoms with E-state index in [1.165, 1.54) is 41.1 Å². The van der Waals surface area contributed by atoms with Crippen LogP contribution in [0, 0.1) is 23.0 Å². The first-order chi connectivity index (χ1) is 18.8. The van der Waals surface area contributed by atoms with E-state index in [0.717, 1.165) is 0 Å². The van der Waals surface area contributed by atoms with Gasteiger partial charge < -0.3 is 21.1 Å². The molecule has 2 heterocycles. The van der Waals surface area contributed by atoms with E-state index in [1.54, 1.807) is 18.3 Å². The Morgan fingerprint density at radius 1 is 1.23 bits per heavy atom. The molecule has 0 radical (unpaired) electrons. The molecule has 0 bridgehead atoms. The molecule has 1 amide bonds. The Morgan fingerprint density at radius 2 is 2.05 bits per heavy atom. The molecule has 39 heavy (non-hydrogen) atoms.